The Bertz CT molecular complexity index is 1030. The van der Waals surface area contributed by atoms with Crippen molar-refractivity contribution in [3.05, 3.63) is 65.0 Å². The first-order valence-electron chi connectivity index (χ1n) is 10.9. The smallest absolute Gasteiger partial charge is 0.295 e. The van der Waals surface area contributed by atoms with Crippen LogP contribution in [0.5, 0.6) is 11.5 Å². The van der Waals surface area contributed by atoms with Gasteiger partial charge in [-0.1, -0.05) is 6.07 Å². The topological polar surface area (TPSA) is 85.3 Å². The summed E-state index contributed by atoms with van der Waals surface area (Å²) in [6.07, 6.45) is 0.506. The summed E-state index contributed by atoms with van der Waals surface area (Å²) in [5.74, 6) is -1.34. The molecule has 1 saturated heterocycles. The molecule has 8 heteroatoms. The molecule has 2 aromatic carbocycles. The van der Waals surface area contributed by atoms with E-state index in [0.717, 1.165) is 0 Å². The van der Waals surface area contributed by atoms with E-state index in [0.29, 0.717) is 43.3 Å². The lowest BCUT2D eigenvalue weighted by atomic mass is 9.95. The normalized spacial score (nSPS) is 17.5. The summed E-state index contributed by atoms with van der Waals surface area (Å²) < 4.78 is 29.8. The fraction of sp³-hybridized carbons (Fsp3) is 0.360. The highest BCUT2D eigenvalue weighted by molar-refractivity contribution is 6.46. The molecule has 1 fully saturated rings. The summed E-state index contributed by atoms with van der Waals surface area (Å²) in [4.78, 5) is 27.4. The molecule has 1 aliphatic rings. The Balaban J connectivity index is 2.15. The number of aliphatic hydroxyl groups excluding tert-OH is 1. The van der Waals surface area contributed by atoms with E-state index >= 15 is 0 Å². The maximum atomic E-state index is 13.4. The predicted octanol–water partition coefficient (Wildman–Crippen LogP) is 4.08. The zero-order valence-electron chi connectivity index (χ0n) is 19.0. The lowest BCUT2D eigenvalue weighted by Crippen LogP contribution is -2.31. The zero-order chi connectivity index (χ0) is 24.0. The SMILES string of the molecule is CCOc1ccc(C2C(=C(O)c3ccc(F)cc3)C(=O)C(=O)N2CCCOC)cc1OCC. The van der Waals surface area contributed by atoms with Crippen molar-refractivity contribution in [3.63, 3.8) is 0 Å². The molecular formula is C25H28FNO6. The molecule has 176 valence electrons. The van der Waals surface area contributed by atoms with E-state index in [9.17, 15) is 19.1 Å². The molecule has 1 aliphatic heterocycles. The maximum Gasteiger partial charge on any atom is 0.295 e. The highest BCUT2D eigenvalue weighted by Gasteiger charge is 2.46. The first kappa shape index (κ1) is 24.3. The predicted molar refractivity (Wildman–Crippen MR) is 121 cm³/mol. The number of ketones is 1. The van der Waals surface area contributed by atoms with Crippen molar-refractivity contribution in [2.24, 2.45) is 0 Å². The fourth-order valence-corrected chi connectivity index (χ4v) is 3.84. The molecule has 0 radical (unpaired) electrons. The van der Waals surface area contributed by atoms with E-state index in [-0.39, 0.29) is 23.4 Å². The quantitative estimate of drug-likeness (QED) is 0.250. The molecule has 33 heavy (non-hydrogen) atoms. The number of likely N-dealkylation sites (tertiary alicyclic amines) is 1. The van der Waals surface area contributed by atoms with Gasteiger partial charge in [0.25, 0.3) is 11.7 Å². The molecule has 7 nitrogen and oxygen atoms in total. The summed E-state index contributed by atoms with van der Waals surface area (Å²) in [5.41, 5.74) is 0.769. The lowest BCUT2D eigenvalue weighted by Gasteiger charge is -2.26. The zero-order valence-corrected chi connectivity index (χ0v) is 19.0. The molecule has 2 aromatic rings. The molecule has 0 aromatic heterocycles. The minimum Gasteiger partial charge on any atom is -0.507 e. The third-order valence-corrected chi connectivity index (χ3v) is 5.29. The largest absolute Gasteiger partial charge is 0.507 e. The third kappa shape index (κ3) is 5.17. The van der Waals surface area contributed by atoms with Gasteiger partial charge in [0.15, 0.2) is 11.5 Å². The Labute approximate surface area is 192 Å². The van der Waals surface area contributed by atoms with Gasteiger partial charge in [-0.25, -0.2) is 4.39 Å². The van der Waals surface area contributed by atoms with E-state index in [1.54, 1.807) is 25.3 Å². The molecule has 1 amide bonds. The summed E-state index contributed by atoms with van der Waals surface area (Å²) >= 11 is 0. The van der Waals surface area contributed by atoms with Crippen LogP contribution in [0.3, 0.4) is 0 Å². The molecule has 0 saturated carbocycles. The van der Waals surface area contributed by atoms with Crippen LogP contribution in [0, 0.1) is 5.82 Å². The average molecular weight is 457 g/mol. The highest BCUT2D eigenvalue weighted by Crippen LogP contribution is 2.42. The number of hydrogen-bond donors (Lipinski definition) is 1. The average Bonchev–Trinajstić information content (AvgIpc) is 3.06. The van der Waals surface area contributed by atoms with Crippen molar-refractivity contribution >= 4 is 17.4 Å². The molecule has 0 spiro atoms. The molecular weight excluding hydrogens is 429 g/mol. The maximum absolute atomic E-state index is 13.4. The van der Waals surface area contributed by atoms with E-state index in [2.05, 4.69) is 0 Å². The second-order valence-corrected chi connectivity index (χ2v) is 7.42. The number of methoxy groups -OCH3 is 1. The van der Waals surface area contributed by atoms with Crippen LogP contribution in [0.25, 0.3) is 5.76 Å². The molecule has 1 atom stereocenters. The Morgan fingerprint density at radius 3 is 2.33 bits per heavy atom. The first-order chi connectivity index (χ1) is 15.9. The van der Waals surface area contributed by atoms with Gasteiger partial charge in [-0.3, -0.25) is 9.59 Å². The van der Waals surface area contributed by atoms with Gasteiger partial charge < -0.3 is 24.2 Å². The van der Waals surface area contributed by atoms with E-state index in [1.807, 2.05) is 13.8 Å². The van der Waals surface area contributed by atoms with Crippen LogP contribution in [0.4, 0.5) is 4.39 Å². The second-order valence-electron chi connectivity index (χ2n) is 7.42. The van der Waals surface area contributed by atoms with E-state index in [1.165, 1.54) is 29.2 Å². The standard InChI is InChI=1S/C25H28FNO6/c1-4-32-19-12-9-17(15-20(19)33-5-2)22-21(23(28)16-7-10-18(26)11-8-16)24(29)25(30)27(22)13-6-14-31-3/h7-12,15,22,28H,4-6,13-14H2,1-3H3. The van der Waals surface area contributed by atoms with Crippen LogP contribution in [0.15, 0.2) is 48.0 Å². The van der Waals surface area contributed by atoms with Crippen LogP contribution < -0.4 is 9.47 Å². The Morgan fingerprint density at radius 1 is 1.03 bits per heavy atom. The Hall–Kier alpha value is -3.39. The number of nitrogens with zero attached hydrogens (tertiary/aromatic N) is 1. The molecule has 1 N–H and O–H groups in total. The van der Waals surface area contributed by atoms with Gasteiger partial charge in [-0.2, -0.15) is 0 Å². The monoisotopic (exact) mass is 457 g/mol. The number of carbonyl (C=O) groups is 2. The minimum absolute atomic E-state index is 0.0596. The Morgan fingerprint density at radius 2 is 1.70 bits per heavy atom. The highest BCUT2D eigenvalue weighted by atomic mass is 19.1. The lowest BCUT2D eigenvalue weighted by molar-refractivity contribution is -0.140. The van der Waals surface area contributed by atoms with Crippen molar-refractivity contribution in [2.75, 3.05) is 33.5 Å². The van der Waals surface area contributed by atoms with Gasteiger partial charge in [0.2, 0.25) is 0 Å². The molecule has 1 unspecified atom stereocenters. The van der Waals surface area contributed by atoms with Gasteiger partial charge in [-0.15, -0.1) is 0 Å². The van der Waals surface area contributed by atoms with Gasteiger partial charge in [0, 0.05) is 25.8 Å². The fourth-order valence-electron chi connectivity index (χ4n) is 3.84. The number of halogens is 1. The van der Waals surface area contributed by atoms with Crippen molar-refractivity contribution < 1.29 is 33.3 Å². The number of hydrogen-bond acceptors (Lipinski definition) is 6. The van der Waals surface area contributed by atoms with E-state index in [4.69, 9.17) is 14.2 Å². The number of benzene rings is 2. The second kappa shape index (κ2) is 11.0. The van der Waals surface area contributed by atoms with Crippen LogP contribution >= 0.6 is 0 Å². The van der Waals surface area contributed by atoms with Crippen LogP contribution in [-0.2, 0) is 14.3 Å². The molecule has 0 aliphatic carbocycles. The van der Waals surface area contributed by atoms with Gasteiger partial charge in [0.05, 0.1) is 24.8 Å². The minimum atomic E-state index is -0.846. The number of carbonyl (C=O) groups excluding carboxylic acids is 2. The summed E-state index contributed by atoms with van der Waals surface area (Å²) in [6, 6.07) is 9.43. The van der Waals surface area contributed by atoms with Crippen molar-refractivity contribution in [1.29, 1.82) is 0 Å². The van der Waals surface area contributed by atoms with Crippen LogP contribution in [0.1, 0.15) is 37.4 Å². The summed E-state index contributed by atoms with van der Waals surface area (Å²) in [6.45, 7) is 5.19. The van der Waals surface area contributed by atoms with E-state index < -0.39 is 23.5 Å². The molecule has 1 heterocycles. The van der Waals surface area contributed by atoms with Gasteiger partial charge in [0.1, 0.15) is 11.6 Å². The number of rotatable bonds is 10. The summed E-state index contributed by atoms with van der Waals surface area (Å²) in [7, 11) is 1.56. The number of ether oxygens (including phenoxy) is 3. The number of amides is 1. The van der Waals surface area contributed by atoms with Gasteiger partial charge in [-0.05, 0) is 62.2 Å². The molecule has 0 bridgehead atoms. The van der Waals surface area contributed by atoms with Crippen molar-refractivity contribution in [1.82, 2.24) is 4.90 Å². The number of Topliss-reactive ketones (excluding diaryl/α,β-unsaturated/α-hetero) is 1. The van der Waals surface area contributed by atoms with Gasteiger partial charge >= 0.3 is 0 Å². The third-order valence-electron chi connectivity index (χ3n) is 5.29. The van der Waals surface area contributed by atoms with Crippen molar-refractivity contribution in [2.45, 2.75) is 26.3 Å². The Kier molecular flexibility index (Phi) is 8.06. The van der Waals surface area contributed by atoms with Crippen molar-refractivity contribution in [3.8, 4) is 11.5 Å². The molecule has 3 rings (SSSR count). The number of aliphatic hydroxyl groups is 1. The summed E-state index contributed by atoms with van der Waals surface area (Å²) in [5, 5.41) is 11.0. The van der Waals surface area contributed by atoms with Crippen LogP contribution in [0.2, 0.25) is 0 Å². The van der Waals surface area contributed by atoms with Crippen LogP contribution in [-0.4, -0.2) is 55.2 Å². The first-order valence-corrected chi connectivity index (χ1v) is 10.9.